The normalized spacial score (nSPS) is 17.7. The molecule has 146 valence electrons. The molecule has 3 heterocycles. The minimum atomic E-state index is 0. The van der Waals surface area contributed by atoms with E-state index in [9.17, 15) is 0 Å². The van der Waals surface area contributed by atoms with Gasteiger partial charge in [-0.3, -0.25) is 0 Å². The van der Waals surface area contributed by atoms with Crippen LogP contribution in [0.15, 0.2) is 53.0 Å². The maximum atomic E-state index is 6.10. The van der Waals surface area contributed by atoms with Gasteiger partial charge < -0.3 is 15.2 Å². The standard InChI is InChI=1S/C20H24N4S.2ClH/c1-23-10-2-4-17(23)9-12-24-11-8-15-14-16(6-7-18(15)24)22-20(21)19-5-3-13-25-19;;/h3,5-8,11,13-14,17H,2,4,9-10,12H2,1H3,(H2,21,22);2*1H/t17-;;/m1../s1. The second kappa shape index (κ2) is 9.60. The first-order valence-electron chi connectivity index (χ1n) is 8.88. The number of aryl methyl sites for hydroxylation is 1. The summed E-state index contributed by atoms with van der Waals surface area (Å²) < 4.78 is 2.36. The summed E-state index contributed by atoms with van der Waals surface area (Å²) in [5.74, 6) is 0.582. The average molecular weight is 425 g/mol. The third kappa shape index (κ3) is 4.85. The van der Waals surface area contributed by atoms with Crippen LogP contribution in [0, 0.1) is 0 Å². The van der Waals surface area contributed by atoms with Crippen LogP contribution in [0.4, 0.5) is 5.69 Å². The Balaban J connectivity index is 0.00000131. The Labute approximate surface area is 176 Å². The number of thiophene rings is 1. The molecule has 0 amide bonds. The monoisotopic (exact) mass is 424 g/mol. The number of aromatic nitrogens is 1. The quantitative estimate of drug-likeness (QED) is 0.458. The van der Waals surface area contributed by atoms with Crippen LogP contribution in [0.5, 0.6) is 0 Å². The number of hydrogen-bond acceptors (Lipinski definition) is 3. The van der Waals surface area contributed by atoms with Gasteiger partial charge in [-0.1, -0.05) is 6.07 Å². The Hall–Kier alpha value is -1.53. The van der Waals surface area contributed by atoms with E-state index < -0.39 is 0 Å². The molecule has 7 heteroatoms. The van der Waals surface area contributed by atoms with Crippen molar-refractivity contribution in [3.8, 4) is 0 Å². The van der Waals surface area contributed by atoms with Crippen LogP contribution in [-0.2, 0) is 6.54 Å². The van der Waals surface area contributed by atoms with E-state index in [1.165, 1.54) is 36.7 Å². The number of amidine groups is 1. The highest BCUT2D eigenvalue weighted by Crippen LogP contribution is 2.25. The average Bonchev–Trinajstić information content (AvgIpc) is 3.34. The van der Waals surface area contributed by atoms with Gasteiger partial charge in [0, 0.05) is 29.7 Å². The number of likely N-dealkylation sites (tertiary alicyclic amines) is 1. The zero-order valence-corrected chi connectivity index (χ0v) is 17.8. The van der Waals surface area contributed by atoms with Crippen molar-refractivity contribution >= 4 is 58.6 Å². The van der Waals surface area contributed by atoms with Gasteiger partial charge in [-0.25, -0.2) is 4.99 Å². The summed E-state index contributed by atoms with van der Waals surface area (Å²) in [6.07, 6.45) is 6.07. The SMILES string of the molecule is CN1CCC[C@@H]1CCn1ccc2cc(N=C(N)c3cccs3)ccc21.Cl.Cl. The molecule has 1 fully saturated rings. The van der Waals surface area contributed by atoms with Gasteiger partial charge in [0.25, 0.3) is 0 Å². The van der Waals surface area contributed by atoms with Crippen molar-refractivity contribution in [1.82, 2.24) is 9.47 Å². The molecule has 0 spiro atoms. The predicted octanol–water partition coefficient (Wildman–Crippen LogP) is 5.07. The number of aliphatic imine (C=N–C) groups is 1. The summed E-state index contributed by atoms with van der Waals surface area (Å²) in [6.45, 7) is 2.31. The number of nitrogens with zero attached hydrogens (tertiary/aromatic N) is 3. The minimum absolute atomic E-state index is 0. The molecule has 0 radical (unpaired) electrons. The van der Waals surface area contributed by atoms with Crippen molar-refractivity contribution in [2.75, 3.05) is 13.6 Å². The fourth-order valence-corrected chi connectivity index (χ4v) is 4.33. The predicted molar refractivity (Wildman–Crippen MR) is 121 cm³/mol. The van der Waals surface area contributed by atoms with E-state index in [0.29, 0.717) is 5.84 Å². The van der Waals surface area contributed by atoms with Gasteiger partial charge in [0.2, 0.25) is 0 Å². The lowest BCUT2D eigenvalue weighted by Crippen LogP contribution is -2.25. The van der Waals surface area contributed by atoms with E-state index >= 15 is 0 Å². The smallest absolute Gasteiger partial charge is 0.141 e. The molecular formula is C20H26Cl2N4S. The van der Waals surface area contributed by atoms with Crippen LogP contribution in [0.2, 0.25) is 0 Å². The largest absolute Gasteiger partial charge is 0.383 e. The number of hydrogen-bond donors (Lipinski definition) is 1. The molecule has 1 aliphatic rings. The molecule has 4 nitrogen and oxygen atoms in total. The minimum Gasteiger partial charge on any atom is -0.383 e. The number of fused-ring (bicyclic) bond motifs is 1. The molecule has 2 N–H and O–H groups in total. The Morgan fingerprint density at radius 1 is 1.26 bits per heavy atom. The van der Waals surface area contributed by atoms with E-state index in [1.807, 2.05) is 17.5 Å². The molecule has 1 aliphatic heterocycles. The first kappa shape index (κ1) is 21.8. The van der Waals surface area contributed by atoms with Crippen LogP contribution in [0.1, 0.15) is 24.1 Å². The van der Waals surface area contributed by atoms with Crippen LogP contribution in [0.3, 0.4) is 0 Å². The molecule has 0 aliphatic carbocycles. The number of halogens is 2. The molecule has 1 aromatic carbocycles. The molecule has 4 rings (SSSR count). The second-order valence-electron chi connectivity index (χ2n) is 6.79. The Kier molecular flexibility index (Phi) is 7.74. The fourth-order valence-electron chi connectivity index (χ4n) is 3.70. The van der Waals surface area contributed by atoms with Gasteiger partial charge in [-0.2, -0.15) is 0 Å². The van der Waals surface area contributed by atoms with Gasteiger partial charge in [-0.15, -0.1) is 36.2 Å². The molecule has 27 heavy (non-hydrogen) atoms. The van der Waals surface area contributed by atoms with Crippen molar-refractivity contribution in [1.29, 1.82) is 0 Å². The van der Waals surface area contributed by atoms with Gasteiger partial charge in [-0.05, 0) is 68.6 Å². The van der Waals surface area contributed by atoms with E-state index in [1.54, 1.807) is 11.3 Å². The van der Waals surface area contributed by atoms with Crippen molar-refractivity contribution in [2.45, 2.75) is 31.8 Å². The van der Waals surface area contributed by atoms with Gasteiger partial charge >= 0.3 is 0 Å². The molecular weight excluding hydrogens is 399 g/mol. The topological polar surface area (TPSA) is 46.5 Å². The molecule has 0 saturated carbocycles. The van der Waals surface area contributed by atoms with Crippen molar-refractivity contribution in [3.05, 3.63) is 52.9 Å². The van der Waals surface area contributed by atoms with Gasteiger partial charge in [0.05, 0.1) is 10.6 Å². The molecule has 0 unspecified atom stereocenters. The van der Waals surface area contributed by atoms with Crippen LogP contribution in [0.25, 0.3) is 10.9 Å². The first-order valence-corrected chi connectivity index (χ1v) is 9.76. The van der Waals surface area contributed by atoms with Crippen molar-refractivity contribution < 1.29 is 0 Å². The Morgan fingerprint density at radius 2 is 2.11 bits per heavy atom. The number of rotatable bonds is 5. The Bertz CT molecular complexity index is 889. The fraction of sp³-hybridized carbons (Fsp3) is 0.350. The maximum Gasteiger partial charge on any atom is 0.141 e. The maximum absolute atomic E-state index is 6.10. The summed E-state index contributed by atoms with van der Waals surface area (Å²) in [6, 6.07) is 13.2. The zero-order chi connectivity index (χ0) is 17.2. The molecule has 0 bridgehead atoms. The van der Waals surface area contributed by atoms with Gasteiger partial charge in [0.15, 0.2) is 0 Å². The molecule has 3 aromatic rings. The Morgan fingerprint density at radius 3 is 2.81 bits per heavy atom. The van der Waals surface area contributed by atoms with Crippen molar-refractivity contribution in [2.24, 2.45) is 10.7 Å². The summed E-state index contributed by atoms with van der Waals surface area (Å²) >= 11 is 1.61. The highest BCUT2D eigenvalue weighted by molar-refractivity contribution is 7.12. The van der Waals surface area contributed by atoms with E-state index in [4.69, 9.17) is 5.73 Å². The van der Waals surface area contributed by atoms with Crippen LogP contribution >= 0.6 is 36.2 Å². The molecule has 1 saturated heterocycles. The van der Waals surface area contributed by atoms with Crippen LogP contribution in [-0.4, -0.2) is 34.9 Å². The third-order valence-electron chi connectivity index (χ3n) is 5.15. The second-order valence-corrected chi connectivity index (χ2v) is 7.74. The van der Waals surface area contributed by atoms with E-state index in [-0.39, 0.29) is 24.8 Å². The zero-order valence-electron chi connectivity index (χ0n) is 15.4. The highest BCUT2D eigenvalue weighted by atomic mass is 35.5. The number of benzene rings is 1. The van der Waals surface area contributed by atoms with E-state index in [2.05, 4.69) is 52.0 Å². The van der Waals surface area contributed by atoms with Crippen LogP contribution < -0.4 is 5.73 Å². The van der Waals surface area contributed by atoms with Gasteiger partial charge in [0.1, 0.15) is 5.84 Å². The van der Waals surface area contributed by atoms with E-state index in [0.717, 1.165) is 23.2 Å². The highest BCUT2D eigenvalue weighted by Gasteiger charge is 2.20. The summed E-state index contributed by atoms with van der Waals surface area (Å²) in [5.41, 5.74) is 8.28. The summed E-state index contributed by atoms with van der Waals surface area (Å²) in [5, 5.41) is 3.24. The third-order valence-corrected chi connectivity index (χ3v) is 6.04. The number of nitrogens with two attached hydrogens (primary N) is 1. The summed E-state index contributed by atoms with van der Waals surface area (Å²) in [7, 11) is 2.24. The molecule has 1 atom stereocenters. The lowest BCUT2D eigenvalue weighted by Gasteiger charge is -2.19. The molecule has 2 aromatic heterocycles. The first-order chi connectivity index (χ1) is 12.2. The lowest BCUT2D eigenvalue weighted by atomic mass is 10.1. The van der Waals surface area contributed by atoms with Crippen molar-refractivity contribution in [3.63, 3.8) is 0 Å². The lowest BCUT2D eigenvalue weighted by molar-refractivity contribution is 0.287. The summed E-state index contributed by atoms with van der Waals surface area (Å²) in [4.78, 5) is 8.07.